The van der Waals surface area contributed by atoms with E-state index >= 15 is 0 Å². The van der Waals surface area contributed by atoms with Gasteiger partial charge in [-0.15, -0.1) is 11.3 Å². The molecule has 0 aliphatic heterocycles. The van der Waals surface area contributed by atoms with Gasteiger partial charge in [-0.1, -0.05) is 13.8 Å². The highest BCUT2D eigenvalue weighted by Gasteiger charge is 2.21. The Morgan fingerprint density at radius 2 is 2.08 bits per heavy atom. The van der Waals surface area contributed by atoms with Crippen molar-refractivity contribution in [2.24, 2.45) is 5.92 Å². The summed E-state index contributed by atoms with van der Waals surface area (Å²) in [6.45, 7) is 5.46. The molecular formula is C17H21N3O5S. The van der Waals surface area contributed by atoms with Gasteiger partial charge in [0.15, 0.2) is 5.13 Å². The van der Waals surface area contributed by atoms with E-state index in [1.165, 1.54) is 17.6 Å². The van der Waals surface area contributed by atoms with Gasteiger partial charge in [-0.25, -0.2) is 9.78 Å². The topological polar surface area (TPSA) is 122 Å². The highest BCUT2D eigenvalue weighted by atomic mass is 32.1. The molecule has 0 bridgehead atoms. The lowest BCUT2D eigenvalue weighted by molar-refractivity contribution is -0.142. The summed E-state index contributed by atoms with van der Waals surface area (Å²) < 4.78 is 5.09. The molecule has 0 aliphatic rings. The van der Waals surface area contributed by atoms with Crippen molar-refractivity contribution in [3.05, 3.63) is 34.7 Å². The number of carboxylic acids is 1. The number of hydrogen-bond donors (Lipinski definition) is 3. The lowest BCUT2D eigenvalue weighted by Crippen LogP contribution is -2.42. The zero-order chi connectivity index (χ0) is 19.3. The molecule has 2 aromatic rings. The average molecular weight is 379 g/mol. The summed E-state index contributed by atoms with van der Waals surface area (Å²) in [5.74, 6) is -1.18. The molecule has 0 spiro atoms. The Morgan fingerprint density at radius 3 is 2.65 bits per heavy atom. The maximum atomic E-state index is 12.1. The van der Waals surface area contributed by atoms with E-state index in [4.69, 9.17) is 9.52 Å². The minimum absolute atomic E-state index is 0.0566. The summed E-state index contributed by atoms with van der Waals surface area (Å²) in [7, 11) is 0. The Hall–Kier alpha value is -2.68. The molecule has 0 aromatic carbocycles. The normalized spacial score (nSPS) is 12.0. The fourth-order valence-corrected chi connectivity index (χ4v) is 3.04. The van der Waals surface area contributed by atoms with Crippen LogP contribution in [0.1, 0.15) is 42.1 Å². The largest absolute Gasteiger partial charge is 0.480 e. The lowest BCUT2D eigenvalue weighted by Gasteiger charge is -2.16. The summed E-state index contributed by atoms with van der Waals surface area (Å²) in [5.41, 5.74) is 0.873. The second-order valence-electron chi connectivity index (χ2n) is 6.25. The second kappa shape index (κ2) is 8.61. The van der Waals surface area contributed by atoms with Crippen molar-refractivity contribution >= 4 is 34.3 Å². The minimum atomic E-state index is -1.06. The molecule has 2 rings (SSSR count). The molecule has 1 unspecified atom stereocenters. The molecule has 0 radical (unpaired) electrons. The van der Waals surface area contributed by atoms with Gasteiger partial charge in [-0.3, -0.25) is 14.9 Å². The van der Waals surface area contributed by atoms with E-state index in [-0.39, 0.29) is 18.2 Å². The molecule has 8 nitrogen and oxygen atoms in total. The number of hydrogen-bond acceptors (Lipinski definition) is 6. The fourth-order valence-electron chi connectivity index (χ4n) is 2.33. The van der Waals surface area contributed by atoms with Gasteiger partial charge in [0.1, 0.15) is 11.8 Å². The van der Waals surface area contributed by atoms with Crippen molar-refractivity contribution in [3.63, 3.8) is 0 Å². The highest BCUT2D eigenvalue weighted by molar-refractivity contribution is 7.14. The third-order valence-electron chi connectivity index (χ3n) is 3.56. The van der Waals surface area contributed by atoms with Crippen molar-refractivity contribution < 1.29 is 23.9 Å². The predicted molar refractivity (Wildman–Crippen MR) is 96.2 cm³/mol. The van der Waals surface area contributed by atoms with Crippen molar-refractivity contribution in [2.45, 2.75) is 39.7 Å². The summed E-state index contributed by atoms with van der Waals surface area (Å²) in [5, 5.41) is 16.3. The number of aryl methyl sites for hydroxylation is 1. The van der Waals surface area contributed by atoms with Gasteiger partial charge in [0.2, 0.25) is 5.91 Å². The van der Waals surface area contributed by atoms with Gasteiger partial charge < -0.3 is 14.8 Å². The number of anilines is 1. The Bertz CT molecular complexity index is 796. The summed E-state index contributed by atoms with van der Waals surface area (Å²) in [6, 6.07) is 0.636. The number of furan rings is 1. The van der Waals surface area contributed by atoms with E-state index in [9.17, 15) is 14.4 Å². The number of carbonyl (C=O) groups excluding carboxylic acids is 2. The molecule has 140 valence electrons. The summed E-state index contributed by atoms with van der Waals surface area (Å²) in [6.07, 6.45) is 1.72. The zero-order valence-electron chi connectivity index (χ0n) is 14.7. The van der Waals surface area contributed by atoms with Crippen molar-refractivity contribution in [1.29, 1.82) is 0 Å². The molecule has 3 N–H and O–H groups in total. The van der Waals surface area contributed by atoms with Crippen LogP contribution in [-0.2, 0) is 16.0 Å². The number of aliphatic carboxylic acids is 1. The number of carboxylic acid groups (broad SMARTS) is 1. The smallest absolute Gasteiger partial charge is 0.326 e. The van der Waals surface area contributed by atoms with E-state index in [1.54, 1.807) is 18.4 Å². The van der Waals surface area contributed by atoms with Gasteiger partial charge >= 0.3 is 5.97 Å². The molecule has 2 heterocycles. The van der Waals surface area contributed by atoms with Crippen LogP contribution < -0.4 is 10.6 Å². The molecule has 26 heavy (non-hydrogen) atoms. The first-order valence-electron chi connectivity index (χ1n) is 8.08. The zero-order valence-corrected chi connectivity index (χ0v) is 15.6. The van der Waals surface area contributed by atoms with Crippen LogP contribution in [0.25, 0.3) is 0 Å². The number of thiazole rings is 1. The summed E-state index contributed by atoms with van der Waals surface area (Å²) in [4.78, 5) is 39.6. The molecule has 9 heteroatoms. The molecule has 0 saturated heterocycles. The van der Waals surface area contributed by atoms with E-state index < -0.39 is 17.9 Å². The van der Waals surface area contributed by atoms with Crippen LogP contribution in [0.3, 0.4) is 0 Å². The number of amides is 2. The van der Waals surface area contributed by atoms with Crippen LogP contribution in [-0.4, -0.2) is 33.9 Å². The van der Waals surface area contributed by atoms with Crippen LogP contribution in [0.15, 0.2) is 22.1 Å². The van der Waals surface area contributed by atoms with Crippen LogP contribution in [0.4, 0.5) is 5.13 Å². The van der Waals surface area contributed by atoms with Crippen LogP contribution in [0.5, 0.6) is 0 Å². The molecule has 0 saturated carbocycles. The lowest BCUT2D eigenvalue weighted by atomic mass is 10.0. The van der Waals surface area contributed by atoms with Gasteiger partial charge in [0, 0.05) is 5.38 Å². The van der Waals surface area contributed by atoms with Crippen molar-refractivity contribution in [2.75, 3.05) is 5.32 Å². The van der Waals surface area contributed by atoms with Gasteiger partial charge in [0.05, 0.1) is 23.9 Å². The van der Waals surface area contributed by atoms with Gasteiger partial charge in [-0.05, 0) is 25.3 Å². The minimum Gasteiger partial charge on any atom is -0.480 e. The SMILES string of the molecule is Cc1occc1C(=O)Nc1nc(CC(=O)NC(CC(C)C)C(=O)O)cs1. The first-order valence-corrected chi connectivity index (χ1v) is 8.96. The third-order valence-corrected chi connectivity index (χ3v) is 4.36. The fraction of sp³-hybridized carbons (Fsp3) is 0.412. The van der Waals surface area contributed by atoms with E-state index in [0.717, 1.165) is 0 Å². The number of carbonyl (C=O) groups is 3. The first kappa shape index (κ1) is 19.6. The van der Waals surface area contributed by atoms with E-state index in [0.29, 0.717) is 28.6 Å². The van der Waals surface area contributed by atoms with Crippen molar-refractivity contribution in [1.82, 2.24) is 10.3 Å². The molecule has 0 fully saturated rings. The highest BCUT2D eigenvalue weighted by Crippen LogP contribution is 2.18. The van der Waals surface area contributed by atoms with E-state index in [1.807, 2.05) is 13.8 Å². The predicted octanol–water partition coefficient (Wildman–Crippen LogP) is 2.45. The monoisotopic (exact) mass is 379 g/mol. The Labute approximate surface area is 154 Å². The van der Waals surface area contributed by atoms with Gasteiger partial charge in [-0.2, -0.15) is 0 Å². The number of nitrogens with one attached hydrogen (secondary N) is 2. The molecule has 2 aromatic heterocycles. The van der Waals surface area contributed by atoms with Gasteiger partial charge in [0.25, 0.3) is 5.91 Å². The first-order chi connectivity index (χ1) is 12.3. The van der Waals surface area contributed by atoms with Crippen LogP contribution >= 0.6 is 11.3 Å². The Kier molecular flexibility index (Phi) is 6.51. The summed E-state index contributed by atoms with van der Waals surface area (Å²) >= 11 is 1.19. The molecule has 2 amide bonds. The molecular weight excluding hydrogens is 358 g/mol. The quantitative estimate of drug-likeness (QED) is 0.648. The van der Waals surface area contributed by atoms with Crippen LogP contribution in [0.2, 0.25) is 0 Å². The second-order valence-corrected chi connectivity index (χ2v) is 7.11. The standard InChI is InChI=1S/C17H21N3O5S/c1-9(2)6-13(16(23)24)19-14(21)7-11-8-26-17(18-11)20-15(22)12-4-5-25-10(12)3/h4-5,8-9,13H,6-7H2,1-3H3,(H,19,21)(H,23,24)(H,18,20,22). The maximum absolute atomic E-state index is 12.1. The van der Waals surface area contributed by atoms with Crippen molar-refractivity contribution in [3.8, 4) is 0 Å². The molecule has 0 aliphatic carbocycles. The van der Waals surface area contributed by atoms with Crippen LogP contribution in [0, 0.1) is 12.8 Å². The number of rotatable bonds is 8. The maximum Gasteiger partial charge on any atom is 0.326 e. The third kappa shape index (κ3) is 5.41. The average Bonchev–Trinajstić information content (AvgIpc) is 3.15. The Balaban J connectivity index is 1.93. The molecule has 1 atom stereocenters. The Morgan fingerprint density at radius 1 is 1.35 bits per heavy atom. The van der Waals surface area contributed by atoms with E-state index in [2.05, 4.69) is 15.6 Å². The number of aromatic nitrogens is 1. The number of nitrogens with zero attached hydrogens (tertiary/aromatic N) is 1.